The lowest BCUT2D eigenvalue weighted by atomic mass is 10.3. The van der Waals surface area contributed by atoms with Gasteiger partial charge in [-0.2, -0.15) is 5.10 Å². The maximum atomic E-state index is 13.7. The molecule has 0 bridgehead atoms. The Morgan fingerprint density at radius 3 is 2.94 bits per heavy atom. The normalized spacial score (nSPS) is 10.3. The van der Waals surface area contributed by atoms with Crippen LogP contribution in [0.25, 0.3) is 5.82 Å². The zero-order chi connectivity index (χ0) is 12.4. The Labute approximate surface area is 96.9 Å². The first-order chi connectivity index (χ1) is 8.13. The van der Waals surface area contributed by atoms with Gasteiger partial charge in [0.15, 0.2) is 17.3 Å². The number of ether oxygens (including phenoxy) is 1. The number of carbonyl (C=O) groups excluding carboxylic acids is 1. The Morgan fingerprint density at radius 1 is 1.47 bits per heavy atom. The predicted octanol–water partition coefficient (Wildman–Crippen LogP) is 1.50. The molecule has 0 aliphatic carbocycles. The summed E-state index contributed by atoms with van der Waals surface area (Å²) in [5.41, 5.74) is 0.570. The molecule has 0 saturated carbocycles. The molecule has 5 nitrogen and oxygen atoms in total. The van der Waals surface area contributed by atoms with Crippen LogP contribution in [0.15, 0.2) is 24.5 Å². The lowest BCUT2D eigenvalue weighted by Crippen LogP contribution is -2.06. The highest BCUT2D eigenvalue weighted by molar-refractivity contribution is 5.86. The molecule has 88 valence electrons. The zero-order valence-electron chi connectivity index (χ0n) is 9.35. The van der Waals surface area contributed by atoms with E-state index in [0.29, 0.717) is 5.56 Å². The van der Waals surface area contributed by atoms with Gasteiger partial charge in [-0.05, 0) is 24.6 Å². The molecular formula is C11H10FN3O2. The molecule has 0 N–H and O–H groups in total. The van der Waals surface area contributed by atoms with Gasteiger partial charge in [-0.3, -0.25) is 0 Å². The number of pyridine rings is 1. The molecule has 0 aromatic carbocycles. The van der Waals surface area contributed by atoms with Crippen LogP contribution in [0.4, 0.5) is 4.39 Å². The first-order valence-corrected chi connectivity index (χ1v) is 4.89. The van der Waals surface area contributed by atoms with Crippen molar-refractivity contribution in [2.45, 2.75) is 6.92 Å². The van der Waals surface area contributed by atoms with Crippen LogP contribution in [-0.2, 0) is 4.74 Å². The standard InChI is InChI=1S/C11H10FN3O2/c1-7-3-5-13-10(9(7)12)15-6-4-8(14-15)11(16)17-2/h3-6H,1-2H3. The van der Waals surface area contributed by atoms with Crippen LogP contribution < -0.4 is 0 Å². The van der Waals surface area contributed by atoms with E-state index >= 15 is 0 Å². The number of nitrogens with zero attached hydrogens (tertiary/aromatic N) is 3. The highest BCUT2D eigenvalue weighted by atomic mass is 19.1. The van der Waals surface area contributed by atoms with Gasteiger partial charge in [0.2, 0.25) is 0 Å². The van der Waals surface area contributed by atoms with Crippen LogP contribution in [0, 0.1) is 12.7 Å². The average Bonchev–Trinajstić information content (AvgIpc) is 2.81. The molecule has 2 heterocycles. The molecule has 17 heavy (non-hydrogen) atoms. The van der Waals surface area contributed by atoms with E-state index in [1.165, 1.54) is 30.3 Å². The van der Waals surface area contributed by atoms with Gasteiger partial charge in [0.25, 0.3) is 0 Å². The van der Waals surface area contributed by atoms with Crippen molar-refractivity contribution in [1.29, 1.82) is 0 Å². The van der Waals surface area contributed by atoms with Crippen molar-refractivity contribution in [1.82, 2.24) is 14.8 Å². The van der Waals surface area contributed by atoms with Gasteiger partial charge >= 0.3 is 5.97 Å². The quantitative estimate of drug-likeness (QED) is 0.740. The molecule has 0 radical (unpaired) electrons. The number of hydrogen-bond acceptors (Lipinski definition) is 4. The minimum Gasteiger partial charge on any atom is -0.464 e. The second-order valence-corrected chi connectivity index (χ2v) is 3.40. The van der Waals surface area contributed by atoms with E-state index in [0.717, 1.165) is 0 Å². The van der Waals surface area contributed by atoms with Gasteiger partial charge < -0.3 is 4.74 Å². The van der Waals surface area contributed by atoms with Crippen LogP contribution in [-0.4, -0.2) is 27.8 Å². The van der Waals surface area contributed by atoms with Gasteiger partial charge in [-0.15, -0.1) is 0 Å². The largest absolute Gasteiger partial charge is 0.464 e. The summed E-state index contributed by atoms with van der Waals surface area (Å²) in [7, 11) is 1.26. The van der Waals surface area contributed by atoms with Crippen molar-refractivity contribution >= 4 is 5.97 Å². The molecule has 0 aliphatic heterocycles. The van der Waals surface area contributed by atoms with Gasteiger partial charge in [0.05, 0.1) is 7.11 Å². The summed E-state index contributed by atoms with van der Waals surface area (Å²) in [6, 6.07) is 3.00. The van der Waals surface area contributed by atoms with E-state index < -0.39 is 11.8 Å². The first-order valence-electron chi connectivity index (χ1n) is 4.89. The molecule has 0 atom stereocenters. The monoisotopic (exact) mass is 235 g/mol. The second kappa shape index (κ2) is 4.32. The van der Waals surface area contributed by atoms with Gasteiger partial charge in [0, 0.05) is 12.4 Å². The maximum Gasteiger partial charge on any atom is 0.358 e. The lowest BCUT2D eigenvalue weighted by molar-refractivity contribution is 0.0593. The average molecular weight is 235 g/mol. The highest BCUT2D eigenvalue weighted by Crippen LogP contribution is 2.13. The van der Waals surface area contributed by atoms with Crippen LogP contribution in [0.5, 0.6) is 0 Å². The number of esters is 1. The molecule has 0 saturated heterocycles. The molecule has 2 aromatic heterocycles. The van der Waals surface area contributed by atoms with E-state index in [4.69, 9.17) is 0 Å². The van der Waals surface area contributed by atoms with Crippen molar-refractivity contribution in [3.05, 3.63) is 41.6 Å². The van der Waals surface area contributed by atoms with Gasteiger partial charge in [-0.1, -0.05) is 0 Å². The molecule has 0 fully saturated rings. The third kappa shape index (κ3) is 2.01. The van der Waals surface area contributed by atoms with E-state index in [2.05, 4.69) is 14.8 Å². The van der Waals surface area contributed by atoms with Crippen molar-refractivity contribution < 1.29 is 13.9 Å². The molecular weight excluding hydrogens is 225 g/mol. The lowest BCUT2D eigenvalue weighted by Gasteiger charge is -2.03. The fourth-order valence-corrected chi connectivity index (χ4v) is 1.34. The number of aryl methyl sites for hydroxylation is 1. The third-order valence-corrected chi connectivity index (χ3v) is 2.26. The number of methoxy groups -OCH3 is 1. The third-order valence-electron chi connectivity index (χ3n) is 2.26. The van der Waals surface area contributed by atoms with E-state index in [1.54, 1.807) is 13.0 Å². The molecule has 0 spiro atoms. The molecule has 2 rings (SSSR count). The molecule has 0 aliphatic rings. The van der Waals surface area contributed by atoms with Gasteiger partial charge in [0.1, 0.15) is 0 Å². The smallest absolute Gasteiger partial charge is 0.358 e. The Hall–Kier alpha value is -2.24. The molecule has 2 aromatic rings. The molecule has 0 unspecified atom stereocenters. The maximum absolute atomic E-state index is 13.7. The Morgan fingerprint density at radius 2 is 2.24 bits per heavy atom. The van der Waals surface area contributed by atoms with E-state index in [1.807, 2.05) is 0 Å². The predicted molar refractivity (Wildman–Crippen MR) is 57.4 cm³/mol. The van der Waals surface area contributed by atoms with Gasteiger partial charge in [-0.25, -0.2) is 18.9 Å². The highest BCUT2D eigenvalue weighted by Gasteiger charge is 2.13. The summed E-state index contributed by atoms with van der Waals surface area (Å²) in [4.78, 5) is 15.1. The van der Waals surface area contributed by atoms with Crippen LogP contribution in [0.2, 0.25) is 0 Å². The van der Waals surface area contributed by atoms with Crippen LogP contribution in [0.1, 0.15) is 16.1 Å². The summed E-state index contributed by atoms with van der Waals surface area (Å²) >= 11 is 0. The summed E-state index contributed by atoms with van der Waals surface area (Å²) in [6.45, 7) is 1.63. The number of hydrogen-bond donors (Lipinski definition) is 0. The zero-order valence-corrected chi connectivity index (χ0v) is 9.35. The Bertz CT molecular complexity index is 566. The SMILES string of the molecule is COC(=O)c1ccn(-c2nccc(C)c2F)n1. The van der Waals surface area contributed by atoms with E-state index in [-0.39, 0.29) is 11.5 Å². The molecule has 6 heteroatoms. The van der Waals surface area contributed by atoms with Crippen LogP contribution in [0.3, 0.4) is 0 Å². The number of carbonyl (C=O) groups is 1. The number of halogens is 1. The summed E-state index contributed by atoms with van der Waals surface area (Å²) in [6.07, 6.45) is 2.93. The fourth-order valence-electron chi connectivity index (χ4n) is 1.34. The minimum absolute atomic E-state index is 0.0557. The number of rotatable bonds is 2. The summed E-state index contributed by atoms with van der Waals surface area (Å²) < 4.78 is 19.5. The van der Waals surface area contributed by atoms with Crippen molar-refractivity contribution in [3.63, 3.8) is 0 Å². The molecule has 0 amide bonds. The Balaban J connectivity index is 2.44. The first kappa shape index (κ1) is 11.3. The fraction of sp³-hybridized carbons (Fsp3) is 0.182. The second-order valence-electron chi connectivity index (χ2n) is 3.40. The minimum atomic E-state index is -0.572. The van der Waals surface area contributed by atoms with Crippen LogP contribution >= 0.6 is 0 Å². The summed E-state index contributed by atoms with van der Waals surface area (Å²) in [5, 5.41) is 3.89. The Kier molecular flexibility index (Phi) is 2.86. The topological polar surface area (TPSA) is 57.0 Å². The van der Waals surface area contributed by atoms with Crippen molar-refractivity contribution in [2.75, 3.05) is 7.11 Å². The summed E-state index contributed by atoms with van der Waals surface area (Å²) in [5.74, 6) is -0.982. The van der Waals surface area contributed by atoms with Crippen molar-refractivity contribution in [2.24, 2.45) is 0 Å². The van der Waals surface area contributed by atoms with Crippen molar-refractivity contribution in [3.8, 4) is 5.82 Å². The number of aromatic nitrogens is 3. The van der Waals surface area contributed by atoms with E-state index in [9.17, 15) is 9.18 Å².